The summed E-state index contributed by atoms with van der Waals surface area (Å²) in [6, 6.07) is 0. The van der Waals surface area contributed by atoms with E-state index in [4.69, 9.17) is 5.11 Å². The van der Waals surface area contributed by atoms with E-state index in [9.17, 15) is 24.9 Å². The smallest absolute Gasteiger partial charge is 0.846 e. The van der Waals surface area contributed by atoms with Gasteiger partial charge >= 0.3 is 25.8 Å². The van der Waals surface area contributed by atoms with Crippen molar-refractivity contribution in [3.63, 3.8) is 0 Å². The Balaban J connectivity index is 0. The topological polar surface area (TPSA) is 124 Å². The molecule has 0 bridgehead atoms. The zero-order chi connectivity index (χ0) is 8.31. The molecule has 0 fully saturated rings. The third kappa shape index (κ3) is 4.23. The van der Waals surface area contributed by atoms with Gasteiger partial charge in [-0.25, -0.2) is 0 Å². The molecule has 11 heavy (non-hydrogen) atoms. The van der Waals surface area contributed by atoms with E-state index in [2.05, 4.69) is 0 Å². The number of hydrogen-bond acceptors (Lipinski definition) is 6. The maximum Gasteiger partial charge on any atom is 3.00 e. The van der Waals surface area contributed by atoms with Crippen molar-refractivity contribution in [1.29, 1.82) is 0 Å². The Kier molecular flexibility index (Phi) is 6.53. The Hall–Kier alpha value is -0.270. The number of carbonyl (C=O) groups is 2. The first kappa shape index (κ1) is 13.3. The number of aliphatic hydroxyl groups is 1. The van der Waals surface area contributed by atoms with Crippen molar-refractivity contribution in [2.45, 2.75) is 12.2 Å². The van der Waals surface area contributed by atoms with Gasteiger partial charge in [0.05, 0.1) is 12.1 Å². The summed E-state index contributed by atoms with van der Waals surface area (Å²) in [5.74, 6) is -4.29. The van der Waals surface area contributed by atoms with Crippen LogP contribution in [0.4, 0.5) is 0 Å². The third-order valence-electron chi connectivity index (χ3n) is 0.761. The van der Waals surface area contributed by atoms with Crippen LogP contribution in [0, 0.1) is 0 Å². The van der Waals surface area contributed by atoms with Gasteiger partial charge in [0.1, 0.15) is 0 Å². The first-order valence-corrected chi connectivity index (χ1v) is 2.22. The molecule has 7 heteroatoms. The molecule has 0 amide bonds. The van der Waals surface area contributed by atoms with Crippen LogP contribution in [0.15, 0.2) is 0 Å². The molecular weight excluding hydrogens is 259 g/mol. The van der Waals surface area contributed by atoms with Crippen molar-refractivity contribution >= 4 is 37.8 Å². The van der Waals surface area contributed by atoms with Gasteiger partial charge in [0.25, 0.3) is 0 Å². The standard InChI is InChI=1S/C4H5O6.In/c5-1(3(7)8)2(6)4(9)10;/h1-2,5H,(H,7,8)(H,9,10);/q-1;+3/p-2/t1-,2-;/m1./s1. The number of aliphatic hydroxyl groups excluding tert-OH is 1. The number of carboxylic acids is 2. The van der Waals surface area contributed by atoms with Gasteiger partial charge < -0.3 is 30.0 Å². The summed E-state index contributed by atoms with van der Waals surface area (Å²) in [6.45, 7) is 0. The SMILES string of the molecule is O=C([O-])[C@H]([O-])[C@@H](O)C(=O)[O-].[In+3]. The second-order valence-electron chi connectivity index (χ2n) is 1.50. The normalized spacial score (nSPS) is 14.4. The van der Waals surface area contributed by atoms with Gasteiger partial charge in [0, 0.05) is 5.97 Å². The van der Waals surface area contributed by atoms with Gasteiger partial charge in [-0.05, 0) is 0 Å². The van der Waals surface area contributed by atoms with Crippen LogP contribution in [0.1, 0.15) is 0 Å². The molecule has 58 valence electrons. The van der Waals surface area contributed by atoms with E-state index in [0.717, 1.165) is 0 Å². The minimum absolute atomic E-state index is 0. The van der Waals surface area contributed by atoms with E-state index in [1.807, 2.05) is 0 Å². The van der Waals surface area contributed by atoms with Crippen LogP contribution in [0.3, 0.4) is 0 Å². The molecule has 0 unspecified atom stereocenters. The average molecular weight is 262 g/mol. The van der Waals surface area contributed by atoms with Gasteiger partial charge in [-0.15, -0.1) is 0 Å². The van der Waals surface area contributed by atoms with Crippen molar-refractivity contribution in [3.05, 3.63) is 0 Å². The Morgan fingerprint density at radius 2 is 1.55 bits per heavy atom. The maximum atomic E-state index is 10.0. The molecule has 1 N–H and O–H groups in total. The fourth-order valence-corrected chi connectivity index (χ4v) is 0.252. The van der Waals surface area contributed by atoms with Crippen molar-refractivity contribution < 1.29 is 30.0 Å². The molecule has 0 aromatic rings. The van der Waals surface area contributed by atoms with Gasteiger partial charge in [-0.2, -0.15) is 0 Å². The molecule has 0 rings (SSSR count). The van der Waals surface area contributed by atoms with E-state index in [1.165, 1.54) is 0 Å². The monoisotopic (exact) mass is 262 g/mol. The van der Waals surface area contributed by atoms with Gasteiger partial charge in [0.2, 0.25) is 0 Å². The van der Waals surface area contributed by atoms with Crippen LogP contribution < -0.4 is 15.3 Å². The second-order valence-corrected chi connectivity index (χ2v) is 1.50. The van der Waals surface area contributed by atoms with Crippen molar-refractivity contribution in [2.24, 2.45) is 0 Å². The first-order valence-electron chi connectivity index (χ1n) is 2.22. The van der Waals surface area contributed by atoms with E-state index in [-0.39, 0.29) is 25.8 Å². The molecule has 0 aromatic heterocycles. The maximum absolute atomic E-state index is 10.0. The fourth-order valence-electron chi connectivity index (χ4n) is 0.252. The van der Waals surface area contributed by atoms with Crippen LogP contribution in [0.2, 0.25) is 0 Å². The summed E-state index contributed by atoms with van der Waals surface area (Å²) in [7, 11) is 0. The number of rotatable bonds is 3. The van der Waals surface area contributed by atoms with Gasteiger partial charge in [-0.3, -0.25) is 0 Å². The molecule has 0 heterocycles. The summed E-state index contributed by atoms with van der Waals surface area (Å²) in [5.41, 5.74) is 0. The minimum atomic E-state index is -2.69. The van der Waals surface area contributed by atoms with Crippen LogP contribution in [0.25, 0.3) is 0 Å². The molecule has 0 aliphatic carbocycles. The van der Waals surface area contributed by atoms with Crippen LogP contribution in [-0.2, 0) is 9.59 Å². The van der Waals surface area contributed by atoms with E-state index in [0.29, 0.717) is 0 Å². The number of aliphatic carboxylic acids is 2. The summed E-state index contributed by atoms with van der Waals surface area (Å²) in [6.07, 6.45) is -5.24. The largest absolute Gasteiger partial charge is 3.00 e. The molecule has 0 aliphatic rings. The number of carboxylic acid groups (broad SMARTS) is 2. The minimum Gasteiger partial charge on any atom is -0.846 e. The summed E-state index contributed by atoms with van der Waals surface area (Å²) < 4.78 is 0. The molecule has 6 nitrogen and oxygen atoms in total. The zero-order valence-corrected chi connectivity index (χ0v) is 8.52. The average Bonchev–Trinajstić information content (AvgIpc) is 1.84. The summed E-state index contributed by atoms with van der Waals surface area (Å²) in [4.78, 5) is 19.2. The van der Waals surface area contributed by atoms with Crippen molar-refractivity contribution in [2.75, 3.05) is 0 Å². The van der Waals surface area contributed by atoms with Crippen LogP contribution in [0.5, 0.6) is 0 Å². The predicted octanol–water partition coefficient (Wildman–Crippen LogP) is -5.80. The Labute approximate surface area is 80.2 Å². The molecule has 0 saturated heterocycles. The number of hydrogen-bond donors (Lipinski definition) is 1. The first-order chi connectivity index (χ1) is 4.46. The Bertz CT molecular complexity index is 139. The molecule has 0 saturated carbocycles. The Morgan fingerprint density at radius 1 is 1.18 bits per heavy atom. The fraction of sp³-hybridized carbons (Fsp3) is 0.500. The van der Waals surface area contributed by atoms with E-state index < -0.39 is 24.1 Å². The zero-order valence-electron chi connectivity index (χ0n) is 5.22. The van der Waals surface area contributed by atoms with Crippen molar-refractivity contribution in [3.8, 4) is 0 Å². The van der Waals surface area contributed by atoms with Crippen molar-refractivity contribution in [1.82, 2.24) is 0 Å². The van der Waals surface area contributed by atoms with Crippen LogP contribution in [-0.4, -0.2) is 55.1 Å². The third-order valence-corrected chi connectivity index (χ3v) is 0.761. The van der Waals surface area contributed by atoms with E-state index in [1.54, 1.807) is 0 Å². The molecule has 0 aromatic carbocycles. The molecule has 0 aliphatic heterocycles. The second kappa shape index (κ2) is 5.39. The van der Waals surface area contributed by atoms with Gasteiger partial charge in [-0.1, -0.05) is 6.10 Å². The van der Waals surface area contributed by atoms with Crippen LogP contribution >= 0.6 is 0 Å². The quantitative estimate of drug-likeness (QED) is 0.540. The van der Waals surface area contributed by atoms with E-state index >= 15 is 0 Å². The molecule has 2 atom stereocenters. The predicted molar refractivity (Wildman–Crippen MR) is 25.6 cm³/mol. The summed E-state index contributed by atoms with van der Waals surface area (Å²) in [5, 5.41) is 37.4. The number of carbonyl (C=O) groups excluding carboxylic acids is 2. The molecular formula is C4H3InO6. The molecule has 0 spiro atoms. The Morgan fingerprint density at radius 3 is 1.64 bits per heavy atom. The summed E-state index contributed by atoms with van der Waals surface area (Å²) >= 11 is 0. The molecule has 0 radical (unpaired) electrons. The van der Waals surface area contributed by atoms with Gasteiger partial charge in [0.15, 0.2) is 0 Å².